The van der Waals surface area contributed by atoms with Crippen molar-refractivity contribution in [2.75, 3.05) is 7.11 Å². The van der Waals surface area contributed by atoms with Crippen LogP contribution in [0.15, 0.2) is 36.5 Å². The van der Waals surface area contributed by atoms with E-state index in [9.17, 15) is 4.39 Å². The van der Waals surface area contributed by atoms with E-state index in [1.54, 1.807) is 18.3 Å². The summed E-state index contributed by atoms with van der Waals surface area (Å²) in [5, 5.41) is 8.65. The van der Waals surface area contributed by atoms with Crippen LogP contribution < -0.4 is 9.47 Å². The summed E-state index contributed by atoms with van der Waals surface area (Å²) in [6, 6.07) is 9.45. The maximum absolute atomic E-state index is 13.6. The molecule has 0 radical (unpaired) electrons. The molecule has 2 rings (SSSR count). The quantitative estimate of drug-likeness (QED) is 0.846. The van der Waals surface area contributed by atoms with E-state index in [2.05, 4.69) is 4.98 Å². The molecule has 1 aromatic carbocycles. The van der Waals surface area contributed by atoms with Gasteiger partial charge >= 0.3 is 0 Å². The third-order valence-electron chi connectivity index (χ3n) is 2.49. The Morgan fingerprint density at radius 2 is 2.21 bits per heavy atom. The summed E-state index contributed by atoms with van der Waals surface area (Å²) in [4.78, 5) is 4.02. The molecule has 0 saturated heterocycles. The van der Waals surface area contributed by atoms with Crippen molar-refractivity contribution >= 4 is 0 Å². The Labute approximate surface area is 110 Å². The average Bonchev–Trinajstić information content (AvgIpc) is 2.46. The molecule has 0 atom stereocenters. The Hall–Kier alpha value is -2.61. The van der Waals surface area contributed by atoms with Gasteiger partial charge in [0.1, 0.15) is 6.61 Å². The van der Waals surface area contributed by atoms with Gasteiger partial charge in [0.25, 0.3) is 0 Å². The molecule has 19 heavy (non-hydrogen) atoms. The molecule has 0 bridgehead atoms. The molecule has 0 saturated carbocycles. The van der Waals surface area contributed by atoms with Crippen molar-refractivity contribution in [3.63, 3.8) is 0 Å². The zero-order valence-electron chi connectivity index (χ0n) is 10.3. The molecule has 2 aromatic rings. The molecule has 0 spiro atoms. The van der Waals surface area contributed by atoms with E-state index in [4.69, 9.17) is 14.7 Å². The molecule has 4 nitrogen and oxygen atoms in total. The lowest BCUT2D eigenvalue weighted by atomic mass is 10.2. The second-order valence-corrected chi connectivity index (χ2v) is 3.72. The van der Waals surface area contributed by atoms with E-state index in [0.717, 1.165) is 6.07 Å². The molecule has 96 valence electrons. The fourth-order valence-electron chi connectivity index (χ4n) is 1.56. The van der Waals surface area contributed by atoms with Crippen LogP contribution in [0.2, 0.25) is 0 Å². The lowest BCUT2D eigenvalue weighted by Crippen LogP contribution is -2.01. The normalized spacial score (nSPS) is 9.74. The van der Waals surface area contributed by atoms with Crippen LogP contribution in [-0.2, 0) is 6.61 Å². The van der Waals surface area contributed by atoms with Crippen molar-refractivity contribution in [1.82, 2.24) is 4.98 Å². The van der Waals surface area contributed by atoms with E-state index in [0.29, 0.717) is 11.4 Å². The summed E-state index contributed by atoms with van der Waals surface area (Å²) in [7, 11) is 1.51. The predicted molar refractivity (Wildman–Crippen MR) is 66.2 cm³/mol. The zero-order chi connectivity index (χ0) is 13.7. The number of nitrogens with zero attached hydrogens (tertiary/aromatic N) is 2. The van der Waals surface area contributed by atoms with Gasteiger partial charge in [-0.15, -0.1) is 0 Å². The molecule has 0 amide bonds. The minimum Gasteiger partial charge on any atom is -0.486 e. The molecular weight excluding hydrogens is 247 g/mol. The Kier molecular flexibility index (Phi) is 3.94. The molecule has 0 fully saturated rings. The number of nitriles is 1. The van der Waals surface area contributed by atoms with Gasteiger partial charge in [-0.3, -0.25) is 0 Å². The lowest BCUT2D eigenvalue weighted by Gasteiger charge is -2.09. The first-order valence-electron chi connectivity index (χ1n) is 5.55. The van der Waals surface area contributed by atoms with E-state index in [1.807, 2.05) is 6.07 Å². The summed E-state index contributed by atoms with van der Waals surface area (Å²) < 4.78 is 24.0. The average molecular weight is 258 g/mol. The van der Waals surface area contributed by atoms with Gasteiger partial charge in [-0.1, -0.05) is 0 Å². The van der Waals surface area contributed by atoms with Crippen LogP contribution in [0.25, 0.3) is 0 Å². The van der Waals surface area contributed by atoms with Crippen molar-refractivity contribution in [2.45, 2.75) is 6.61 Å². The van der Waals surface area contributed by atoms with Crippen LogP contribution in [0.3, 0.4) is 0 Å². The first-order chi connectivity index (χ1) is 9.24. The molecular formula is C14H11FN2O2. The highest BCUT2D eigenvalue weighted by atomic mass is 19.1. The topological polar surface area (TPSA) is 55.1 Å². The fourth-order valence-corrected chi connectivity index (χ4v) is 1.56. The van der Waals surface area contributed by atoms with Crippen LogP contribution in [0, 0.1) is 17.1 Å². The van der Waals surface area contributed by atoms with Crippen molar-refractivity contribution in [2.24, 2.45) is 0 Å². The Balaban J connectivity index is 2.13. The number of halogens is 1. The smallest absolute Gasteiger partial charge is 0.219 e. The van der Waals surface area contributed by atoms with E-state index in [-0.39, 0.29) is 17.9 Å². The monoisotopic (exact) mass is 258 g/mol. The Morgan fingerprint density at radius 3 is 2.89 bits per heavy atom. The van der Waals surface area contributed by atoms with Crippen molar-refractivity contribution in [3.8, 4) is 17.7 Å². The maximum Gasteiger partial charge on any atom is 0.219 e. The van der Waals surface area contributed by atoms with Gasteiger partial charge in [0.2, 0.25) is 5.88 Å². The summed E-state index contributed by atoms with van der Waals surface area (Å²) in [6.45, 7) is 0.139. The SMILES string of the molecule is COc1ncccc1COc1ccc(C#N)cc1F. The summed E-state index contributed by atoms with van der Waals surface area (Å²) in [6.07, 6.45) is 1.60. The fraction of sp³-hybridized carbons (Fsp3) is 0.143. The highest BCUT2D eigenvalue weighted by molar-refractivity contribution is 5.36. The van der Waals surface area contributed by atoms with E-state index < -0.39 is 5.82 Å². The number of ether oxygens (including phenoxy) is 2. The second-order valence-electron chi connectivity index (χ2n) is 3.72. The van der Waals surface area contributed by atoms with Gasteiger partial charge in [-0.05, 0) is 30.3 Å². The van der Waals surface area contributed by atoms with Crippen molar-refractivity contribution < 1.29 is 13.9 Å². The number of hydrogen-bond donors (Lipinski definition) is 0. The van der Waals surface area contributed by atoms with Gasteiger partial charge in [-0.2, -0.15) is 5.26 Å². The minimum absolute atomic E-state index is 0.0879. The molecule has 5 heteroatoms. The zero-order valence-corrected chi connectivity index (χ0v) is 10.3. The predicted octanol–water partition coefficient (Wildman–Crippen LogP) is 2.68. The largest absolute Gasteiger partial charge is 0.486 e. The number of rotatable bonds is 4. The van der Waals surface area contributed by atoms with Crippen molar-refractivity contribution in [3.05, 3.63) is 53.5 Å². The number of methoxy groups -OCH3 is 1. The third-order valence-corrected chi connectivity index (χ3v) is 2.49. The molecule has 0 aliphatic carbocycles. The summed E-state index contributed by atoms with van der Waals surface area (Å²) in [5.41, 5.74) is 0.970. The third kappa shape index (κ3) is 2.99. The second kappa shape index (κ2) is 5.83. The first kappa shape index (κ1) is 12.8. The van der Waals surface area contributed by atoms with E-state index in [1.165, 1.54) is 19.2 Å². The summed E-state index contributed by atoms with van der Waals surface area (Å²) >= 11 is 0. The van der Waals surface area contributed by atoms with Gasteiger partial charge in [0.15, 0.2) is 11.6 Å². The molecule has 0 aliphatic rings. The molecule has 1 heterocycles. The molecule has 0 aliphatic heterocycles. The number of aromatic nitrogens is 1. The van der Waals surface area contributed by atoms with Crippen molar-refractivity contribution in [1.29, 1.82) is 5.26 Å². The molecule has 1 aromatic heterocycles. The van der Waals surface area contributed by atoms with Crippen LogP contribution >= 0.6 is 0 Å². The summed E-state index contributed by atoms with van der Waals surface area (Å²) in [5.74, 6) is -0.0385. The minimum atomic E-state index is -0.568. The Morgan fingerprint density at radius 1 is 1.37 bits per heavy atom. The van der Waals surface area contributed by atoms with Crippen LogP contribution in [0.1, 0.15) is 11.1 Å². The van der Waals surface area contributed by atoms with Crippen LogP contribution in [0.5, 0.6) is 11.6 Å². The van der Waals surface area contributed by atoms with Crippen LogP contribution in [0.4, 0.5) is 4.39 Å². The van der Waals surface area contributed by atoms with Gasteiger partial charge in [0.05, 0.1) is 24.3 Å². The number of hydrogen-bond acceptors (Lipinski definition) is 4. The van der Waals surface area contributed by atoms with Crippen LogP contribution in [-0.4, -0.2) is 12.1 Å². The first-order valence-corrected chi connectivity index (χ1v) is 5.55. The molecule has 0 N–H and O–H groups in total. The van der Waals surface area contributed by atoms with Gasteiger partial charge in [-0.25, -0.2) is 9.37 Å². The Bertz CT molecular complexity index is 623. The highest BCUT2D eigenvalue weighted by Gasteiger charge is 2.08. The van der Waals surface area contributed by atoms with Gasteiger partial charge in [0, 0.05) is 6.20 Å². The van der Waals surface area contributed by atoms with E-state index >= 15 is 0 Å². The number of benzene rings is 1. The number of pyridine rings is 1. The van der Waals surface area contributed by atoms with Gasteiger partial charge < -0.3 is 9.47 Å². The molecule has 0 unspecified atom stereocenters. The standard InChI is InChI=1S/C14H11FN2O2/c1-18-14-11(3-2-6-17-14)9-19-13-5-4-10(8-16)7-12(13)15/h2-7H,9H2,1H3. The maximum atomic E-state index is 13.6. The lowest BCUT2D eigenvalue weighted by molar-refractivity contribution is 0.280. The highest BCUT2D eigenvalue weighted by Crippen LogP contribution is 2.21.